The van der Waals surface area contributed by atoms with Crippen LogP contribution in [0.25, 0.3) is 0 Å². The van der Waals surface area contributed by atoms with E-state index in [1.54, 1.807) is 6.20 Å². The van der Waals surface area contributed by atoms with Gasteiger partial charge in [-0.2, -0.15) is 5.26 Å². The van der Waals surface area contributed by atoms with Crippen LogP contribution in [0.3, 0.4) is 0 Å². The Hall–Kier alpha value is -2.34. The highest BCUT2D eigenvalue weighted by Gasteiger charge is 2.07. The number of rotatable bonds is 3. The molecule has 2 aromatic rings. The largest absolute Gasteiger partial charge is 0.488 e. The first-order valence-corrected chi connectivity index (χ1v) is 6.16. The van der Waals surface area contributed by atoms with E-state index in [2.05, 4.69) is 30.1 Å². The number of nitriles is 1. The van der Waals surface area contributed by atoms with E-state index in [0.717, 1.165) is 22.4 Å². The fourth-order valence-electron chi connectivity index (χ4n) is 2.20. The van der Waals surface area contributed by atoms with Crippen LogP contribution >= 0.6 is 0 Å². The van der Waals surface area contributed by atoms with Gasteiger partial charge in [-0.25, -0.2) is 4.98 Å². The quantitative estimate of drug-likeness (QED) is 0.840. The van der Waals surface area contributed by atoms with E-state index in [4.69, 9.17) is 10.00 Å². The molecule has 0 spiro atoms. The van der Waals surface area contributed by atoms with Crippen LogP contribution in [0.2, 0.25) is 0 Å². The first-order chi connectivity index (χ1) is 9.11. The lowest BCUT2D eigenvalue weighted by Crippen LogP contribution is -2.02. The van der Waals surface area contributed by atoms with Crippen LogP contribution in [0.15, 0.2) is 30.5 Å². The van der Waals surface area contributed by atoms with E-state index in [9.17, 15) is 0 Å². The van der Waals surface area contributed by atoms with E-state index in [0.29, 0.717) is 12.3 Å². The lowest BCUT2D eigenvalue weighted by atomic mass is 10.1. The molecule has 1 aromatic heterocycles. The van der Waals surface area contributed by atoms with Gasteiger partial charge in [-0.15, -0.1) is 0 Å². The number of hydrogen-bond acceptors (Lipinski definition) is 3. The number of hydrogen-bond donors (Lipinski definition) is 0. The van der Waals surface area contributed by atoms with E-state index in [1.807, 2.05) is 26.0 Å². The maximum Gasteiger partial charge on any atom is 0.147 e. The van der Waals surface area contributed by atoms with Crippen LogP contribution in [0, 0.1) is 32.1 Å². The molecule has 0 unspecified atom stereocenters. The molecule has 0 aliphatic rings. The van der Waals surface area contributed by atoms with Gasteiger partial charge in [0.05, 0.1) is 0 Å². The van der Waals surface area contributed by atoms with Gasteiger partial charge >= 0.3 is 0 Å². The van der Waals surface area contributed by atoms with Crippen molar-refractivity contribution in [2.45, 2.75) is 27.4 Å². The van der Waals surface area contributed by atoms with Gasteiger partial charge in [0.2, 0.25) is 0 Å². The van der Waals surface area contributed by atoms with Crippen LogP contribution in [0.5, 0.6) is 5.75 Å². The van der Waals surface area contributed by atoms with Crippen molar-refractivity contribution in [3.05, 3.63) is 58.4 Å². The molecule has 0 saturated heterocycles. The third-order valence-corrected chi connectivity index (χ3v) is 2.97. The maximum atomic E-state index is 8.99. The van der Waals surface area contributed by atoms with E-state index >= 15 is 0 Å². The fourth-order valence-corrected chi connectivity index (χ4v) is 2.20. The molecule has 0 bridgehead atoms. The predicted octanol–water partition coefficient (Wildman–Crippen LogP) is 3.46. The Morgan fingerprint density at radius 2 is 1.89 bits per heavy atom. The molecular weight excluding hydrogens is 236 g/mol. The molecule has 1 heterocycles. The number of nitrogens with zero attached hydrogens (tertiary/aromatic N) is 2. The summed E-state index contributed by atoms with van der Waals surface area (Å²) in [4.78, 5) is 4.03. The van der Waals surface area contributed by atoms with Gasteiger partial charge in [-0.1, -0.05) is 23.8 Å². The van der Waals surface area contributed by atoms with Gasteiger partial charge in [-0.3, -0.25) is 0 Å². The zero-order valence-electron chi connectivity index (χ0n) is 11.4. The van der Waals surface area contributed by atoms with Gasteiger partial charge in [0.25, 0.3) is 0 Å². The minimum absolute atomic E-state index is 0.363. The molecule has 0 radical (unpaired) electrons. The first-order valence-electron chi connectivity index (χ1n) is 6.16. The molecule has 1 aromatic carbocycles. The number of ether oxygens (including phenoxy) is 1. The summed E-state index contributed by atoms with van der Waals surface area (Å²) in [5.74, 6) is 0.887. The minimum Gasteiger partial charge on any atom is -0.488 e. The molecular formula is C16H16N2O. The zero-order valence-corrected chi connectivity index (χ0v) is 11.4. The lowest BCUT2D eigenvalue weighted by molar-refractivity contribution is 0.301. The van der Waals surface area contributed by atoms with Crippen molar-refractivity contribution in [3.8, 4) is 11.8 Å². The Labute approximate surface area is 113 Å². The molecule has 0 atom stereocenters. The van der Waals surface area contributed by atoms with Crippen molar-refractivity contribution in [2.75, 3.05) is 0 Å². The molecule has 0 aliphatic carbocycles. The molecule has 0 fully saturated rings. The van der Waals surface area contributed by atoms with Gasteiger partial charge < -0.3 is 4.74 Å². The third-order valence-electron chi connectivity index (χ3n) is 2.97. The molecule has 96 valence electrons. The second kappa shape index (κ2) is 5.53. The number of benzene rings is 1. The van der Waals surface area contributed by atoms with Gasteiger partial charge in [0.15, 0.2) is 0 Å². The van der Waals surface area contributed by atoms with E-state index < -0.39 is 0 Å². The standard InChI is InChI=1S/C16H16N2O/c1-11-7-12(2)16(13(3)8-11)19-10-14-5-4-6-18-15(14)9-17/h4-8H,10H2,1-3H3. The summed E-state index contributed by atoms with van der Waals surface area (Å²) in [6.07, 6.45) is 1.62. The monoisotopic (exact) mass is 252 g/mol. The summed E-state index contributed by atoms with van der Waals surface area (Å²) < 4.78 is 5.86. The Bertz CT molecular complexity index is 618. The van der Waals surface area contributed by atoms with Crippen LogP contribution in [0.4, 0.5) is 0 Å². The first kappa shape index (κ1) is 13.1. The average molecular weight is 252 g/mol. The van der Waals surface area contributed by atoms with Crippen LogP contribution < -0.4 is 4.74 Å². The van der Waals surface area contributed by atoms with Gasteiger partial charge in [0, 0.05) is 11.8 Å². The molecule has 3 nitrogen and oxygen atoms in total. The number of aryl methyl sites for hydroxylation is 3. The summed E-state index contributed by atoms with van der Waals surface area (Å²) in [5.41, 5.74) is 4.68. The second-order valence-corrected chi connectivity index (χ2v) is 4.64. The molecule has 0 amide bonds. The second-order valence-electron chi connectivity index (χ2n) is 4.64. The summed E-state index contributed by atoms with van der Waals surface area (Å²) in [5, 5.41) is 8.99. The van der Waals surface area contributed by atoms with Crippen molar-refractivity contribution >= 4 is 0 Å². The van der Waals surface area contributed by atoms with Crippen LogP contribution in [0.1, 0.15) is 27.9 Å². The highest BCUT2D eigenvalue weighted by Crippen LogP contribution is 2.25. The van der Waals surface area contributed by atoms with Gasteiger partial charge in [0.1, 0.15) is 24.1 Å². The van der Waals surface area contributed by atoms with E-state index in [1.165, 1.54) is 5.56 Å². The Balaban J connectivity index is 2.22. The summed E-state index contributed by atoms with van der Waals surface area (Å²) in [7, 11) is 0. The molecule has 0 N–H and O–H groups in total. The molecule has 0 aliphatic heterocycles. The lowest BCUT2D eigenvalue weighted by Gasteiger charge is -2.13. The smallest absolute Gasteiger partial charge is 0.147 e. The van der Waals surface area contributed by atoms with Crippen LogP contribution in [-0.4, -0.2) is 4.98 Å². The van der Waals surface area contributed by atoms with Crippen LogP contribution in [-0.2, 0) is 6.61 Å². The van der Waals surface area contributed by atoms with Crippen molar-refractivity contribution in [3.63, 3.8) is 0 Å². The highest BCUT2D eigenvalue weighted by atomic mass is 16.5. The Morgan fingerprint density at radius 1 is 1.21 bits per heavy atom. The zero-order chi connectivity index (χ0) is 13.8. The minimum atomic E-state index is 0.363. The van der Waals surface area contributed by atoms with Gasteiger partial charge in [-0.05, 0) is 38.0 Å². The van der Waals surface area contributed by atoms with Crippen molar-refractivity contribution in [1.82, 2.24) is 4.98 Å². The summed E-state index contributed by atoms with van der Waals surface area (Å²) in [6.45, 7) is 6.49. The molecule has 2 rings (SSSR count). The van der Waals surface area contributed by atoms with Crippen molar-refractivity contribution < 1.29 is 4.74 Å². The topological polar surface area (TPSA) is 45.9 Å². The summed E-state index contributed by atoms with van der Waals surface area (Å²) >= 11 is 0. The fraction of sp³-hybridized carbons (Fsp3) is 0.250. The SMILES string of the molecule is Cc1cc(C)c(OCc2cccnc2C#N)c(C)c1. The Morgan fingerprint density at radius 3 is 2.53 bits per heavy atom. The number of pyridine rings is 1. The molecule has 19 heavy (non-hydrogen) atoms. The average Bonchev–Trinajstić information content (AvgIpc) is 2.38. The third kappa shape index (κ3) is 2.92. The molecule has 0 saturated carbocycles. The summed E-state index contributed by atoms with van der Waals surface area (Å²) in [6, 6.07) is 9.95. The van der Waals surface area contributed by atoms with Crippen molar-refractivity contribution in [2.24, 2.45) is 0 Å². The van der Waals surface area contributed by atoms with E-state index in [-0.39, 0.29) is 0 Å². The normalized spacial score (nSPS) is 10.0. The number of aromatic nitrogens is 1. The maximum absolute atomic E-state index is 8.99. The molecule has 3 heteroatoms. The van der Waals surface area contributed by atoms with Crippen molar-refractivity contribution in [1.29, 1.82) is 5.26 Å². The predicted molar refractivity (Wildman–Crippen MR) is 73.9 cm³/mol. The highest BCUT2D eigenvalue weighted by molar-refractivity contribution is 5.43. The Kier molecular flexibility index (Phi) is 3.82.